The summed E-state index contributed by atoms with van der Waals surface area (Å²) in [6.07, 6.45) is 3.52. The molecule has 0 saturated carbocycles. The van der Waals surface area contributed by atoms with Crippen LogP contribution in [-0.4, -0.2) is 49.1 Å². The molecule has 146 valence electrons. The molecule has 8 nitrogen and oxygen atoms in total. The summed E-state index contributed by atoms with van der Waals surface area (Å²) in [5.41, 5.74) is 6.64. The Morgan fingerprint density at radius 3 is 2.15 bits per heavy atom. The molecule has 1 aromatic rings. The Labute approximate surface area is 157 Å². The molecular weight excluding hydrogens is 350 g/mol. The first-order valence-electron chi connectivity index (χ1n) is 9.31. The Morgan fingerprint density at radius 1 is 1.00 bits per heavy atom. The number of nitrogens with one attached hydrogen (secondary N) is 2. The Morgan fingerprint density at radius 2 is 1.59 bits per heavy atom. The molecule has 0 amide bonds. The number of hydrogen-bond donors (Lipinski definition) is 3. The first-order valence-corrected chi connectivity index (χ1v) is 9.31. The highest BCUT2D eigenvalue weighted by atomic mass is 16.6. The minimum Gasteiger partial charge on any atom is -0.425 e. The highest BCUT2D eigenvalue weighted by Crippen LogP contribution is 2.16. The van der Waals surface area contributed by atoms with Gasteiger partial charge in [-0.2, -0.15) is 0 Å². The maximum absolute atomic E-state index is 12.0. The van der Waals surface area contributed by atoms with E-state index in [2.05, 4.69) is 10.6 Å². The molecule has 0 aliphatic carbocycles. The van der Waals surface area contributed by atoms with Crippen molar-refractivity contribution in [2.45, 2.75) is 50.2 Å². The SMILES string of the molecule is N[C@@H](Cc1ccc(OC(=O)[C@@H]2CCCN2)cc1)C(=O)OC(=O)[C@@H]1CCCN1. The molecule has 3 atom stereocenters. The molecule has 0 spiro atoms. The van der Waals surface area contributed by atoms with Crippen molar-refractivity contribution in [1.82, 2.24) is 10.6 Å². The van der Waals surface area contributed by atoms with E-state index in [4.69, 9.17) is 15.2 Å². The summed E-state index contributed by atoms with van der Waals surface area (Å²) in [5.74, 6) is -1.16. The van der Waals surface area contributed by atoms with Gasteiger partial charge in [-0.15, -0.1) is 0 Å². The zero-order chi connectivity index (χ0) is 19.2. The van der Waals surface area contributed by atoms with E-state index >= 15 is 0 Å². The summed E-state index contributed by atoms with van der Waals surface area (Å²) in [6.45, 7) is 1.57. The summed E-state index contributed by atoms with van der Waals surface area (Å²) >= 11 is 0. The van der Waals surface area contributed by atoms with Gasteiger partial charge < -0.3 is 25.8 Å². The number of benzene rings is 1. The first-order chi connectivity index (χ1) is 13.0. The summed E-state index contributed by atoms with van der Waals surface area (Å²) in [5, 5.41) is 6.07. The van der Waals surface area contributed by atoms with Crippen LogP contribution in [-0.2, 0) is 25.5 Å². The third kappa shape index (κ3) is 5.35. The van der Waals surface area contributed by atoms with Gasteiger partial charge in [-0.3, -0.25) is 0 Å². The lowest BCUT2D eigenvalue weighted by Crippen LogP contribution is -2.40. The maximum atomic E-state index is 12.0. The molecule has 0 radical (unpaired) electrons. The molecule has 0 bridgehead atoms. The van der Waals surface area contributed by atoms with Crippen molar-refractivity contribution in [2.24, 2.45) is 5.73 Å². The van der Waals surface area contributed by atoms with E-state index in [9.17, 15) is 14.4 Å². The van der Waals surface area contributed by atoms with Crippen molar-refractivity contribution in [3.05, 3.63) is 29.8 Å². The van der Waals surface area contributed by atoms with Crippen molar-refractivity contribution in [3.63, 3.8) is 0 Å². The number of nitrogens with two attached hydrogens (primary N) is 1. The van der Waals surface area contributed by atoms with E-state index in [-0.39, 0.29) is 18.4 Å². The fourth-order valence-corrected chi connectivity index (χ4v) is 3.24. The normalized spacial score (nSPS) is 23.0. The van der Waals surface area contributed by atoms with Crippen molar-refractivity contribution >= 4 is 17.9 Å². The third-order valence-electron chi connectivity index (χ3n) is 4.79. The van der Waals surface area contributed by atoms with Crippen LogP contribution >= 0.6 is 0 Å². The molecule has 2 aliphatic rings. The molecule has 0 aromatic heterocycles. The topological polar surface area (TPSA) is 120 Å². The molecule has 27 heavy (non-hydrogen) atoms. The van der Waals surface area contributed by atoms with Crippen LogP contribution in [0.3, 0.4) is 0 Å². The van der Waals surface area contributed by atoms with Crippen molar-refractivity contribution < 1.29 is 23.9 Å². The van der Waals surface area contributed by atoms with E-state index in [1.807, 2.05) is 0 Å². The van der Waals surface area contributed by atoms with Crippen LogP contribution in [0.5, 0.6) is 5.75 Å². The number of ether oxygens (including phenoxy) is 2. The molecule has 2 fully saturated rings. The standard InChI is InChI=1S/C19H25N3O5/c20-14(17(23)27-19(25)16-4-2-10-22-16)11-12-5-7-13(8-6-12)26-18(24)15-3-1-9-21-15/h5-8,14-16,21-22H,1-4,9-11,20H2/t14-,15-,16-/m0/s1. The summed E-state index contributed by atoms with van der Waals surface area (Å²) < 4.78 is 10.2. The molecule has 2 aliphatic heterocycles. The molecule has 8 heteroatoms. The lowest BCUT2D eigenvalue weighted by atomic mass is 10.1. The average Bonchev–Trinajstić information content (AvgIpc) is 3.37. The second-order valence-corrected chi connectivity index (χ2v) is 6.91. The lowest BCUT2D eigenvalue weighted by Gasteiger charge is -2.14. The van der Waals surface area contributed by atoms with E-state index in [0.717, 1.165) is 37.9 Å². The van der Waals surface area contributed by atoms with Gasteiger partial charge in [-0.1, -0.05) is 12.1 Å². The third-order valence-corrected chi connectivity index (χ3v) is 4.79. The molecule has 2 saturated heterocycles. The number of rotatable bonds is 6. The summed E-state index contributed by atoms with van der Waals surface area (Å²) in [6, 6.07) is 5.17. The average molecular weight is 375 g/mol. The molecule has 2 heterocycles. The first kappa shape index (κ1) is 19.5. The molecule has 3 rings (SSSR count). The lowest BCUT2D eigenvalue weighted by molar-refractivity contribution is -0.161. The fourth-order valence-electron chi connectivity index (χ4n) is 3.24. The van der Waals surface area contributed by atoms with Crippen LogP contribution in [0.1, 0.15) is 31.2 Å². The highest BCUT2D eigenvalue weighted by Gasteiger charge is 2.28. The minimum atomic E-state index is -0.938. The van der Waals surface area contributed by atoms with Crippen LogP contribution in [0.4, 0.5) is 0 Å². The monoisotopic (exact) mass is 375 g/mol. The number of carbonyl (C=O) groups excluding carboxylic acids is 3. The number of hydrogen-bond acceptors (Lipinski definition) is 8. The van der Waals surface area contributed by atoms with Gasteiger partial charge in [0.25, 0.3) is 0 Å². The zero-order valence-electron chi connectivity index (χ0n) is 15.1. The Hall–Kier alpha value is -2.29. The van der Waals surface area contributed by atoms with E-state index in [0.29, 0.717) is 12.2 Å². The van der Waals surface area contributed by atoms with Gasteiger partial charge in [0.15, 0.2) is 0 Å². The van der Waals surface area contributed by atoms with Gasteiger partial charge in [-0.25, -0.2) is 14.4 Å². The number of carbonyl (C=O) groups is 3. The highest BCUT2D eigenvalue weighted by molar-refractivity contribution is 5.91. The van der Waals surface area contributed by atoms with Crippen molar-refractivity contribution in [1.29, 1.82) is 0 Å². The van der Waals surface area contributed by atoms with Gasteiger partial charge >= 0.3 is 17.9 Å². The largest absolute Gasteiger partial charge is 0.425 e. The molecular formula is C19H25N3O5. The van der Waals surface area contributed by atoms with Crippen LogP contribution in [0.15, 0.2) is 24.3 Å². The van der Waals surface area contributed by atoms with Gasteiger partial charge in [0.1, 0.15) is 23.9 Å². The molecule has 4 N–H and O–H groups in total. The molecule has 0 unspecified atom stereocenters. The quantitative estimate of drug-likeness (QED) is 0.362. The zero-order valence-corrected chi connectivity index (χ0v) is 15.1. The van der Waals surface area contributed by atoms with Gasteiger partial charge in [0.2, 0.25) is 0 Å². The van der Waals surface area contributed by atoms with Gasteiger partial charge in [-0.05, 0) is 62.9 Å². The summed E-state index contributed by atoms with van der Waals surface area (Å²) in [7, 11) is 0. The Bertz CT molecular complexity index is 679. The van der Waals surface area contributed by atoms with Crippen molar-refractivity contribution in [3.8, 4) is 5.75 Å². The van der Waals surface area contributed by atoms with Gasteiger partial charge in [0, 0.05) is 0 Å². The second kappa shape index (κ2) is 9.07. The Balaban J connectivity index is 1.47. The van der Waals surface area contributed by atoms with Crippen molar-refractivity contribution in [2.75, 3.05) is 13.1 Å². The predicted octanol–water partition coefficient (Wildman–Crippen LogP) is 0.0356. The van der Waals surface area contributed by atoms with Crippen LogP contribution in [0.25, 0.3) is 0 Å². The van der Waals surface area contributed by atoms with E-state index in [1.165, 1.54) is 0 Å². The summed E-state index contributed by atoms with van der Waals surface area (Å²) in [4.78, 5) is 35.8. The fraction of sp³-hybridized carbons (Fsp3) is 0.526. The van der Waals surface area contributed by atoms with E-state index < -0.39 is 24.0 Å². The Kier molecular flexibility index (Phi) is 6.54. The van der Waals surface area contributed by atoms with Gasteiger partial charge in [0.05, 0.1) is 0 Å². The van der Waals surface area contributed by atoms with Crippen LogP contribution < -0.4 is 21.1 Å². The molecule has 1 aromatic carbocycles. The smallest absolute Gasteiger partial charge is 0.330 e. The minimum absolute atomic E-state index is 0.225. The number of esters is 3. The van der Waals surface area contributed by atoms with Crippen LogP contribution in [0, 0.1) is 0 Å². The predicted molar refractivity (Wildman–Crippen MR) is 96.9 cm³/mol. The van der Waals surface area contributed by atoms with E-state index in [1.54, 1.807) is 24.3 Å². The van der Waals surface area contributed by atoms with Crippen LogP contribution in [0.2, 0.25) is 0 Å². The second-order valence-electron chi connectivity index (χ2n) is 6.91. The maximum Gasteiger partial charge on any atom is 0.330 e.